The van der Waals surface area contributed by atoms with Crippen LogP contribution in [0.2, 0.25) is 0 Å². The van der Waals surface area contributed by atoms with Crippen molar-refractivity contribution in [3.63, 3.8) is 0 Å². The van der Waals surface area contributed by atoms with Gasteiger partial charge in [-0.25, -0.2) is 8.78 Å². The van der Waals surface area contributed by atoms with E-state index in [9.17, 15) is 18.4 Å². The third-order valence-corrected chi connectivity index (χ3v) is 5.69. The number of halogens is 3. The van der Waals surface area contributed by atoms with Crippen LogP contribution in [0.1, 0.15) is 27.2 Å². The predicted molar refractivity (Wildman–Crippen MR) is 124 cm³/mol. The molecule has 1 heterocycles. The fraction of sp³-hybridized carbons (Fsp3) is 0.250. The lowest BCUT2D eigenvalue weighted by Gasteiger charge is -2.15. The van der Waals surface area contributed by atoms with Gasteiger partial charge >= 0.3 is 0 Å². The Kier molecular flexibility index (Phi) is 8.35. The number of carbonyl (C=O) groups excluding carboxylic acids is 1. The van der Waals surface area contributed by atoms with Crippen LogP contribution in [0.5, 0.6) is 5.75 Å². The van der Waals surface area contributed by atoms with E-state index in [0.29, 0.717) is 31.0 Å². The number of ether oxygens (including phenoxy) is 2. The summed E-state index contributed by atoms with van der Waals surface area (Å²) in [6.45, 7) is 2.75. The fourth-order valence-electron chi connectivity index (χ4n) is 3.12. The molecule has 0 aliphatic carbocycles. The average Bonchev–Trinajstić information content (AvgIpc) is 2.79. The lowest BCUT2D eigenvalue weighted by molar-refractivity contribution is 0.0937. The Morgan fingerprint density at radius 1 is 1.12 bits per heavy atom. The van der Waals surface area contributed by atoms with E-state index in [0.717, 1.165) is 17.7 Å². The highest BCUT2D eigenvalue weighted by Gasteiger charge is 2.14. The molecule has 0 spiro atoms. The van der Waals surface area contributed by atoms with Crippen LogP contribution in [-0.4, -0.2) is 30.7 Å². The summed E-state index contributed by atoms with van der Waals surface area (Å²) in [5, 5.41) is 2.75. The quantitative estimate of drug-likeness (QED) is 0.429. The number of hydrogen-bond donors (Lipinski definition) is 1. The molecule has 0 saturated carbocycles. The monoisotopic (exact) mass is 520 g/mol. The molecule has 33 heavy (non-hydrogen) atoms. The Balaban J connectivity index is 1.72. The molecular weight excluding hydrogens is 498 g/mol. The Hall–Kier alpha value is -3.04. The predicted octanol–water partition coefficient (Wildman–Crippen LogP) is 4.20. The van der Waals surface area contributed by atoms with Gasteiger partial charge in [-0.2, -0.15) is 0 Å². The molecular formula is C24H23BrF2N2O4. The number of pyridine rings is 1. The van der Waals surface area contributed by atoms with Crippen LogP contribution >= 0.6 is 15.9 Å². The SMILES string of the molecule is COCCNC(=O)c1ccc(Cn2c(C)cc(OCc3ccc(F)cc3F)c(Br)c2=O)cc1. The van der Waals surface area contributed by atoms with E-state index in [1.807, 2.05) is 0 Å². The second-order valence-electron chi connectivity index (χ2n) is 7.33. The third-order valence-electron chi connectivity index (χ3n) is 4.96. The summed E-state index contributed by atoms with van der Waals surface area (Å²) >= 11 is 3.27. The molecule has 9 heteroatoms. The first-order valence-corrected chi connectivity index (χ1v) is 10.9. The van der Waals surface area contributed by atoms with Gasteiger partial charge in [-0.15, -0.1) is 0 Å². The van der Waals surface area contributed by atoms with E-state index in [-0.39, 0.29) is 33.9 Å². The molecule has 1 aromatic heterocycles. The van der Waals surface area contributed by atoms with E-state index in [1.54, 1.807) is 48.9 Å². The van der Waals surface area contributed by atoms with Crippen LogP contribution in [0.25, 0.3) is 0 Å². The maximum absolute atomic E-state index is 13.8. The largest absolute Gasteiger partial charge is 0.487 e. The minimum absolute atomic E-state index is 0.151. The molecule has 1 N–H and O–H groups in total. The van der Waals surface area contributed by atoms with E-state index >= 15 is 0 Å². The maximum atomic E-state index is 13.8. The molecule has 2 aromatic carbocycles. The number of nitrogens with zero attached hydrogens (tertiary/aromatic N) is 1. The van der Waals surface area contributed by atoms with Gasteiger partial charge in [-0.3, -0.25) is 9.59 Å². The molecule has 174 valence electrons. The van der Waals surface area contributed by atoms with Gasteiger partial charge in [0, 0.05) is 42.6 Å². The second kappa shape index (κ2) is 11.2. The second-order valence-corrected chi connectivity index (χ2v) is 8.12. The van der Waals surface area contributed by atoms with Crippen molar-refractivity contribution in [2.75, 3.05) is 20.3 Å². The Labute approximate surface area is 198 Å². The Morgan fingerprint density at radius 3 is 2.52 bits per heavy atom. The van der Waals surface area contributed by atoms with Gasteiger partial charge in [0.2, 0.25) is 0 Å². The first kappa shape index (κ1) is 24.6. The van der Waals surface area contributed by atoms with Crippen molar-refractivity contribution in [3.8, 4) is 5.75 Å². The van der Waals surface area contributed by atoms with Gasteiger partial charge in [0.05, 0.1) is 13.2 Å². The number of nitrogens with one attached hydrogen (secondary N) is 1. The minimum atomic E-state index is -0.716. The standard InChI is InChI=1S/C24H23BrF2N2O4/c1-15-11-21(33-14-18-7-8-19(26)12-20(18)27)22(25)24(31)29(15)13-16-3-5-17(6-4-16)23(30)28-9-10-32-2/h3-8,11-12H,9-10,13-14H2,1-2H3,(H,28,30). The summed E-state index contributed by atoms with van der Waals surface area (Å²) in [6, 6.07) is 11.9. The molecule has 0 bridgehead atoms. The maximum Gasteiger partial charge on any atom is 0.269 e. The number of benzene rings is 2. The molecule has 1 amide bonds. The number of amides is 1. The topological polar surface area (TPSA) is 69.6 Å². The number of aryl methyl sites for hydroxylation is 1. The van der Waals surface area contributed by atoms with Gasteiger partial charge in [-0.05, 0) is 52.7 Å². The van der Waals surface area contributed by atoms with E-state index in [1.165, 1.54) is 6.07 Å². The fourth-order valence-corrected chi connectivity index (χ4v) is 3.57. The van der Waals surface area contributed by atoms with Crippen LogP contribution < -0.4 is 15.6 Å². The zero-order valence-corrected chi connectivity index (χ0v) is 19.7. The first-order valence-electron chi connectivity index (χ1n) is 10.1. The van der Waals surface area contributed by atoms with Crippen molar-refractivity contribution >= 4 is 21.8 Å². The molecule has 0 saturated heterocycles. The highest BCUT2D eigenvalue weighted by molar-refractivity contribution is 9.10. The smallest absolute Gasteiger partial charge is 0.269 e. The third kappa shape index (κ3) is 6.27. The summed E-state index contributed by atoms with van der Waals surface area (Å²) in [5.41, 5.74) is 1.85. The van der Waals surface area contributed by atoms with Crippen molar-refractivity contribution < 1.29 is 23.0 Å². The normalized spacial score (nSPS) is 10.8. The first-order chi connectivity index (χ1) is 15.8. The van der Waals surface area contributed by atoms with Crippen LogP contribution in [-0.2, 0) is 17.9 Å². The van der Waals surface area contributed by atoms with Crippen molar-refractivity contribution in [1.82, 2.24) is 9.88 Å². The van der Waals surface area contributed by atoms with E-state index in [2.05, 4.69) is 21.2 Å². The van der Waals surface area contributed by atoms with Gasteiger partial charge in [0.25, 0.3) is 11.5 Å². The molecule has 0 aliphatic heterocycles. The summed E-state index contributed by atoms with van der Waals surface area (Å²) < 4.78 is 39.2. The van der Waals surface area contributed by atoms with Crippen molar-refractivity contribution in [1.29, 1.82) is 0 Å². The lowest BCUT2D eigenvalue weighted by Crippen LogP contribution is -2.27. The Bertz CT molecular complexity index is 1200. The number of rotatable bonds is 9. The molecule has 0 unspecified atom stereocenters. The zero-order valence-electron chi connectivity index (χ0n) is 18.2. The number of methoxy groups -OCH3 is 1. The number of aromatic nitrogens is 1. The molecule has 3 aromatic rings. The number of hydrogen-bond acceptors (Lipinski definition) is 4. The van der Waals surface area contributed by atoms with Crippen LogP contribution in [0.15, 0.2) is 57.8 Å². The van der Waals surface area contributed by atoms with E-state index < -0.39 is 11.6 Å². The van der Waals surface area contributed by atoms with Gasteiger partial charge in [0.15, 0.2) is 0 Å². The summed E-state index contributed by atoms with van der Waals surface area (Å²) in [7, 11) is 1.56. The summed E-state index contributed by atoms with van der Waals surface area (Å²) in [6.07, 6.45) is 0. The average molecular weight is 521 g/mol. The molecule has 0 fully saturated rings. The van der Waals surface area contributed by atoms with Crippen LogP contribution in [0.3, 0.4) is 0 Å². The van der Waals surface area contributed by atoms with Gasteiger partial charge in [0.1, 0.15) is 28.5 Å². The molecule has 6 nitrogen and oxygen atoms in total. The summed E-state index contributed by atoms with van der Waals surface area (Å²) in [5.74, 6) is -1.32. The number of carbonyl (C=O) groups is 1. The van der Waals surface area contributed by atoms with Crippen molar-refractivity contribution in [3.05, 3.63) is 97.4 Å². The molecule has 3 rings (SSSR count). The van der Waals surface area contributed by atoms with Gasteiger partial charge < -0.3 is 19.4 Å². The van der Waals surface area contributed by atoms with Gasteiger partial charge in [-0.1, -0.05) is 12.1 Å². The molecule has 0 atom stereocenters. The summed E-state index contributed by atoms with van der Waals surface area (Å²) in [4.78, 5) is 25.0. The van der Waals surface area contributed by atoms with Crippen LogP contribution in [0, 0.1) is 18.6 Å². The Morgan fingerprint density at radius 2 is 1.85 bits per heavy atom. The van der Waals surface area contributed by atoms with Crippen molar-refractivity contribution in [2.45, 2.75) is 20.1 Å². The highest BCUT2D eigenvalue weighted by atomic mass is 79.9. The minimum Gasteiger partial charge on any atom is -0.487 e. The zero-order chi connectivity index (χ0) is 24.0. The highest BCUT2D eigenvalue weighted by Crippen LogP contribution is 2.24. The lowest BCUT2D eigenvalue weighted by atomic mass is 10.1. The molecule has 0 radical (unpaired) electrons. The van der Waals surface area contributed by atoms with E-state index in [4.69, 9.17) is 9.47 Å². The van der Waals surface area contributed by atoms with Crippen LogP contribution in [0.4, 0.5) is 8.78 Å². The van der Waals surface area contributed by atoms with Crippen molar-refractivity contribution in [2.24, 2.45) is 0 Å². The molecule has 0 aliphatic rings.